The highest BCUT2D eigenvalue weighted by Gasteiger charge is 2.27. The van der Waals surface area contributed by atoms with Crippen LogP contribution in [0.2, 0.25) is 0 Å². The summed E-state index contributed by atoms with van der Waals surface area (Å²) in [5, 5.41) is 1.90. The first-order valence-electron chi connectivity index (χ1n) is 7.84. The van der Waals surface area contributed by atoms with Crippen LogP contribution in [0.3, 0.4) is 0 Å². The fraction of sp³-hybridized carbons (Fsp3) is 0.167. The molecule has 27 heavy (non-hydrogen) atoms. The van der Waals surface area contributed by atoms with Crippen molar-refractivity contribution < 1.29 is 26.4 Å². The van der Waals surface area contributed by atoms with E-state index in [1.807, 2.05) is 17.5 Å². The molecule has 1 amide bonds. The molecule has 0 fully saturated rings. The maximum Gasteiger partial charge on any atom is 0.341 e. The van der Waals surface area contributed by atoms with Gasteiger partial charge in [-0.2, -0.15) is 8.78 Å². The SMILES string of the molecule is O=C(c1ccc(S(=O)(=O)C(F)F)cc1)N(Cc1ccco1)Cc1cccs1. The summed E-state index contributed by atoms with van der Waals surface area (Å²) in [6, 6.07) is 11.7. The van der Waals surface area contributed by atoms with Crippen LogP contribution in [0, 0.1) is 0 Å². The van der Waals surface area contributed by atoms with Crippen molar-refractivity contribution in [3.63, 3.8) is 0 Å². The molecule has 0 aliphatic carbocycles. The number of nitrogens with zero attached hydrogens (tertiary/aromatic N) is 1. The highest BCUT2D eigenvalue weighted by atomic mass is 32.2. The Hall–Kier alpha value is -2.52. The predicted molar refractivity (Wildman–Crippen MR) is 96.2 cm³/mol. The van der Waals surface area contributed by atoms with Crippen molar-refractivity contribution in [3.8, 4) is 0 Å². The molecular weight excluding hydrogens is 396 g/mol. The van der Waals surface area contributed by atoms with Gasteiger partial charge >= 0.3 is 5.76 Å². The number of furan rings is 1. The van der Waals surface area contributed by atoms with Crippen LogP contribution >= 0.6 is 11.3 Å². The van der Waals surface area contributed by atoms with Gasteiger partial charge < -0.3 is 9.32 Å². The van der Waals surface area contributed by atoms with Crippen LogP contribution in [-0.4, -0.2) is 25.0 Å². The van der Waals surface area contributed by atoms with Crippen molar-refractivity contribution in [2.75, 3.05) is 0 Å². The molecule has 9 heteroatoms. The molecule has 2 aromatic heterocycles. The van der Waals surface area contributed by atoms with Crippen molar-refractivity contribution in [2.24, 2.45) is 0 Å². The van der Waals surface area contributed by atoms with Gasteiger partial charge in [-0.25, -0.2) is 8.42 Å². The van der Waals surface area contributed by atoms with Crippen molar-refractivity contribution in [3.05, 3.63) is 76.4 Å². The molecule has 142 valence electrons. The van der Waals surface area contributed by atoms with E-state index < -0.39 is 20.5 Å². The molecule has 1 aromatic carbocycles. The average molecular weight is 411 g/mol. The second-order valence-corrected chi connectivity index (χ2v) is 8.60. The number of hydrogen-bond donors (Lipinski definition) is 0. The Labute approximate surface area is 158 Å². The van der Waals surface area contributed by atoms with E-state index >= 15 is 0 Å². The second kappa shape index (κ2) is 8.01. The van der Waals surface area contributed by atoms with Crippen LogP contribution in [0.1, 0.15) is 21.0 Å². The quantitative estimate of drug-likeness (QED) is 0.585. The van der Waals surface area contributed by atoms with Crippen LogP contribution in [0.15, 0.2) is 69.5 Å². The summed E-state index contributed by atoms with van der Waals surface area (Å²) < 4.78 is 53.6. The third-order valence-corrected chi connectivity index (χ3v) is 6.06. The lowest BCUT2D eigenvalue weighted by atomic mass is 10.2. The van der Waals surface area contributed by atoms with Gasteiger partial charge in [0.25, 0.3) is 5.91 Å². The zero-order valence-electron chi connectivity index (χ0n) is 13.9. The summed E-state index contributed by atoms with van der Waals surface area (Å²) in [5.41, 5.74) is 0.200. The molecule has 0 unspecified atom stereocenters. The molecular formula is C18H15F2NO4S2. The van der Waals surface area contributed by atoms with Gasteiger partial charge in [0, 0.05) is 10.4 Å². The summed E-state index contributed by atoms with van der Waals surface area (Å²) in [7, 11) is -4.69. The monoisotopic (exact) mass is 411 g/mol. The standard InChI is InChI=1S/C18H15F2NO4S2/c19-18(20)27(23,24)16-7-5-13(6-8-16)17(22)21(11-14-3-1-9-25-14)12-15-4-2-10-26-15/h1-10,18H,11-12H2. The fourth-order valence-corrected chi connectivity index (χ4v) is 3.89. The zero-order valence-corrected chi connectivity index (χ0v) is 15.6. The molecule has 0 radical (unpaired) electrons. The fourth-order valence-electron chi connectivity index (χ4n) is 2.45. The van der Waals surface area contributed by atoms with E-state index in [4.69, 9.17) is 4.42 Å². The maximum absolute atomic E-state index is 12.9. The Kier molecular flexibility index (Phi) is 5.71. The number of benzene rings is 1. The highest BCUT2D eigenvalue weighted by Crippen LogP contribution is 2.21. The molecule has 2 heterocycles. The van der Waals surface area contributed by atoms with Crippen molar-refractivity contribution in [2.45, 2.75) is 23.7 Å². The average Bonchev–Trinajstić information content (AvgIpc) is 3.34. The van der Waals surface area contributed by atoms with Crippen LogP contribution in [-0.2, 0) is 22.9 Å². The topological polar surface area (TPSA) is 67.6 Å². The number of thiophene rings is 1. The number of alkyl halides is 2. The number of halogens is 2. The third kappa shape index (κ3) is 4.42. The Morgan fingerprint density at radius 2 is 1.81 bits per heavy atom. The van der Waals surface area contributed by atoms with Crippen LogP contribution < -0.4 is 0 Å². The number of amides is 1. The van der Waals surface area contributed by atoms with Crippen LogP contribution in [0.25, 0.3) is 0 Å². The van der Waals surface area contributed by atoms with Gasteiger partial charge in [-0.15, -0.1) is 11.3 Å². The molecule has 3 aromatic rings. The predicted octanol–water partition coefficient (Wildman–Crippen LogP) is 4.18. The Morgan fingerprint density at radius 1 is 1.07 bits per heavy atom. The summed E-state index contributed by atoms with van der Waals surface area (Å²) in [4.78, 5) is 14.9. The van der Waals surface area contributed by atoms with Crippen molar-refractivity contribution >= 4 is 27.1 Å². The van der Waals surface area contributed by atoms with Crippen LogP contribution in [0.4, 0.5) is 8.78 Å². The van der Waals surface area contributed by atoms with Crippen molar-refractivity contribution in [1.29, 1.82) is 0 Å². The first-order valence-corrected chi connectivity index (χ1v) is 10.3. The highest BCUT2D eigenvalue weighted by molar-refractivity contribution is 7.91. The Bertz CT molecular complexity index is 946. The molecule has 5 nitrogen and oxygen atoms in total. The van der Waals surface area contributed by atoms with Crippen LogP contribution in [0.5, 0.6) is 0 Å². The van der Waals surface area contributed by atoms with E-state index in [9.17, 15) is 22.0 Å². The Balaban J connectivity index is 1.84. The molecule has 3 rings (SSSR count). The minimum Gasteiger partial charge on any atom is -0.467 e. The van der Waals surface area contributed by atoms with E-state index in [0.717, 1.165) is 17.0 Å². The smallest absolute Gasteiger partial charge is 0.341 e. The lowest BCUT2D eigenvalue weighted by molar-refractivity contribution is 0.0719. The number of rotatable bonds is 7. The lowest BCUT2D eigenvalue weighted by Gasteiger charge is -2.21. The molecule has 0 saturated heterocycles. The minimum atomic E-state index is -4.69. The van der Waals surface area contributed by atoms with Crippen molar-refractivity contribution in [1.82, 2.24) is 4.90 Å². The van der Waals surface area contributed by atoms with E-state index in [-0.39, 0.29) is 18.0 Å². The molecule has 0 aliphatic rings. The molecule has 0 spiro atoms. The van der Waals surface area contributed by atoms with Gasteiger partial charge in [-0.1, -0.05) is 6.07 Å². The second-order valence-electron chi connectivity index (χ2n) is 5.65. The number of sulfone groups is 1. The summed E-state index contributed by atoms with van der Waals surface area (Å²) in [6.45, 7) is 0.565. The molecule has 0 bridgehead atoms. The number of carbonyl (C=O) groups excluding carboxylic acids is 1. The lowest BCUT2D eigenvalue weighted by Crippen LogP contribution is -2.29. The number of carbonyl (C=O) groups is 1. The molecule has 0 aliphatic heterocycles. The third-order valence-electron chi connectivity index (χ3n) is 3.81. The van der Waals surface area contributed by atoms with E-state index in [2.05, 4.69) is 0 Å². The van der Waals surface area contributed by atoms with Gasteiger partial charge in [-0.05, 0) is 47.8 Å². The van der Waals surface area contributed by atoms with Gasteiger partial charge in [-0.3, -0.25) is 4.79 Å². The van der Waals surface area contributed by atoms with Gasteiger partial charge in [0.15, 0.2) is 0 Å². The van der Waals surface area contributed by atoms with E-state index in [0.29, 0.717) is 12.3 Å². The van der Waals surface area contributed by atoms with Gasteiger partial charge in [0.2, 0.25) is 9.84 Å². The largest absolute Gasteiger partial charge is 0.467 e. The zero-order chi connectivity index (χ0) is 19.4. The normalized spacial score (nSPS) is 11.7. The summed E-state index contributed by atoms with van der Waals surface area (Å²) >= 11 is 1.50. The first kappa shape index (κ1) is 19.2. The van der Waals surface area contributed by atoms with Gasteiger partial charge in [0.1, 0.15) is 5.76 Å². The minimum absolute atomic E-state index is 0.200. The number of hydrogen-bond acceptors (Lipinski definition) is 5. The van der Waals surface area contributed by atoms with Gasteiger partial charge in [0.05, 0.1) is 24.2 Å². The Morgan fingerprint density at radius 3 is 2.37 bits per heavy atom. The summed E-state index contributed by atoms with van der Waals surface area (Å²) in [6.07, 6.45) is 1.51. The molecule has 0 N–H and O–H groups in total. The molecule has 0 saturated carbocycles. The molecule has 0 atom stereocenters. The van der Waals surface area contributed by atoms with E-state index in [1.54, 1.807) is 17.0 Å². The first-order chi connectivity index (χ1) is 12.9. The maximum atomic E-state index is 12.9. The van der Waals surface area contributed by atoms with E-state index in [1.165, 1.54) is 29.7 Å². The summed E-state index contributed by atoms with van der Waals surface area (Å²) in [5.74, 6) is -3.27.